The predicted octanol–water partition coefficient (Wildman–Crippen LogP) is 2.01. The maximum absolute atomic E-state index is 12.6. The van der Waals surface area contributed by atoms with Crippen LogP contribution in [0.25, 0.3) is 0 Å². The number of piperazine rings is 1. The number of amides is 2. The van der Waals surface area contributed by atoms with Crippen molar-refractivity contribution >= 4 is 23.6 Å². The molecule has 8 heteroatoms. The Morgan fingerprint density at radius 2 is 1.73 bits per heavy atom. The van der Waals surface area contributed by atoms with Gasteiger partial charge in [-0.15, -0.1) is 0 Å². The number of hydrogen-bond donors (Lipinski definition) is 1. The Bertz CT molecular complexity index is 743. The Morgan fingerprint density at radius 3 is 2.35 bits per heavy atom. The predicted molar refractivity (Wildman–Crippen MR) is 97.2 cm³/mol. The molecular formula is C18H21N5O3. The number of benzene rings is 1. The van der Waals surface area contributed by atoms with Crippen molar-refractivity contribution in [2.45, 2.75) is 6.92 Å². The number of hydrogen-bond acceptors (Lipinski definition) is 6. The van der Waals surface area contributed by atoms with Crippen molar-refractivity contribution in [3.05, 3.63) is 48.3 Å². The quantitative estimate of drug-likeness (QED) is 0.903. The zero-order valence-electron chi connectivity index (χ0n) is 14.6. The van der Waals surface area contributed by atoms with Crippen LogP contribution in [0.5, 0.6) is 0 Å². The Kier molecular flexibility index (Phi) is 5.62. The van der Waals surface area contributed by atoms with Crippen molar-refractivity contribution in [1.82, 2.24) is 14.9 Å². The molecule has 2 heterocycles. The molecule has 1 aromatic heterocycles. The summed E-state index contributed by atoms with van der Waals surface area (Å²) in [5.74, 6) is 0.662. The molecule has 0 bridgehead atoms. The summed E-state index contributed by atoms with van der Waals surface area (Å²) in [5, 5.41) is 2.61. The molecule has 1 aromatic carbocycles. The molecular weight excluding hydrogens is 334 g/mol. The molecule has 1 aliphatic rings. The lowest BCUT2D eigenvalue weighted by molar-refractivity contribution is 0.0746. The van der Waals surface area contributed by atoms with E-state index >= 15 is 0 Å². The molecule has 3 rings (SSSR count). The van der Waals surface area contributed by atoms with Crippen molar-refractivity contribution in [3.63, 3.8) is 0 Å². The molecule has 1 fully saturated rings. The summed E-state index contributed by atoms with van der Waals surface area (Å²) in [7, 11) is 0. The van der Waals surface area contributed by atoms with E-state index in [-0.39, 0.29) is 5.91 Å². The third kappa shape index (κ3) is 4.27. The van der Waals surface area contributed by atoms with Crippen molar-refractivity contribution < 1.29 is 14.3 Å². The van der Waals surface area contributed by atoms with Crippen LogP contribution in [0.2, 0.25) is 0 Å². The van der Waals surface area contributed by atoms with Crippen LogP contribution in [0.4, 0.5) is 16.4 Å². The van der Waals surface area contributed by atoms with Crippen LogP contribution >= 0.6 is 0 Å². The topological polar surface area (TPSA) is 87.7 Å². The fraction of sp³-hybridized carbons (Fsp3) is 0.333. The first-order valence-corrected chi connectivity index (χ1v) is 8.52. The highest BCUT2D eigenvalue weighted by Crippen LogP contribution is 2.15. The van der Waals surface area contributed by atoms with Crippen LogP contribution in [-0.2, 0) is 4.74 Å². The monoisotopic (exact) mass is 355 g/mol. The molecule has 136 valence electrons. The average Bonchev–Trinajstić information content (AvgIpc) is 2.69. The molecule has 26 heavy (non-hydrogen) atoms. The number of ether oxygens (including phenoxy) is 1. The van der Waals surface area contributed by atoms with Crippen LogP contribution < -0.4 is 10.2 Å². The summed E-state index contributed by atoms with van der Waals surface area (Å²) in [4.78, 5) is 36.4. The van der Waals surface area contributed by atoms with Gasteiger partial charge in [-0.25, -0.2) is 14.8 Å². The minimum absolute atomic E-state index is 0.0266. The second kappa shape index (κ2) is 8.28. The van der Waals surface area contributed by atoms with E-state index in [9.17, 15) is 9.59 Å². The molecule has 1 saturated heterocycles. The molecule has 0 radical (unpaired) electrons. The highest BCUT2D eigenvalue weighted by molar-refractivity contribution is 5.95. The number of aromatic nitrogens is 2. The third-order valence-corrected chi connectivity index (χ3v) is 4.06. The number of carbonyl (C=O) groups is 2. The molecule has 0 atom stereocenters. The van der Waals surface area contributed by atoms with E-state index in [2.05, 4.69) is 20.2 Å². The molecule has 0 unspecified atom stereocenters. The molecule has 8 nitrogen and oxygen atoms in total. The number of nitrogens with one attached hydrogen (secondary N) is 1. The molecule has 0 aliphatic carbocycles. The molecule has 2 amide bonds. The summed E-state index contributed by atoms with van der Waals surface area (Å²) in [5.41, 5.74) is 1.18. The lowest BCUT2D eigenvalue weighted by Crippen LogP contribution is -2.49. The number of carbonyl (C=O) groups excluding carboxylic acids is 2. The van der Waals surface area contributed by atoms with Crippen molar-refractivity contribution in [2.24, 2.45) is 0 Å². The minimum atomic E-state index is -0.508. The molecule has 1 aliphatic heterocycles. The van der Waals surface area contributed by atoms with Crippen molar-refractivity contribution in [2.75, 3.05) is 43.0 Å². The van der Waals surface area contributed by atoms with Gasteiger partial charge in [0.2, 0.25) is 5.95 Å². The maximum Gasteiger partial charge on any atom is 0.411 e. The largest absolute Gasteiger partial charge is 0.450 e. The normalized spacial score (nSPS) is 14.0. The second-order valence-electron chi connectivity index (χ2n) is 5.75. The minimum Gasteiger partial charge on any atom is -0.450 e. The second-order valence-corrected chi connectivity index (χ2v) is 5.75. The lowest BCUT2D eigenvalue weighted by atomic mass is 10.1. The van der Waals surface area contributed by atoms with Gasteiger partial charge in [0.1, 0.15) is 0 Å². The first-order chi connectivity index (χ1) is 12.7. The molecule has 2 aromatic rings. The SMILES string of the molecule is CCOC(=O)Nc1ccc(C(=O)N2CCN(c3ncccn3)CC2)cc1. The number of nitrogens with zero attached hydrogens (tertiary/aromatic N) is 4. The van der Waals surface area contributed by atoms with Gasteiger partial charge in [0.05, 0.1) is 6.61 Å². The molecule has 0 spiro atoms. The summed E-state index contributed by atoms with van der Waals surface area (Å²) < 4.78 is 4.83. The summed E-state index contributed by atoms with van der Waals surface area (Å²) in [6.45, 7) is 4.66. The van der Waals surface area contributed by atoms with E-state index in [1.54, 1.807) is 49.6 Å². The average molecular weight is 355 g/mol. The molecule has 1 N–H and O–H groups in total. The fourth-order valence-corrected chi connectivity index (χ4v) is 2.73. The van der Waals surface area contributed by atoms with Crippen LogP contribution in [0.3, 0.4) is 0 Å². The van der Waals surface area contributed by atoms with Gasteiger partial charge in [-0.05, 0) is 37.3 Å². The summed E-state index contributed by atoms with van der Waals surface area (Å²) >= 11 is 0. The first kappa shape index (κ1) is 17.7. The fourth-order valence-electron chi connectivity index (χ4n) is 2.73. The van der Waals surface area contributed by atoms with Crippen LogP contribution in [0.1, 0.15) is 17.3 Å². The van der Waals surface area contributed by atoms with Gasteiger partial charge >= 0.3 is 6.09 Å². The van der Waals surface area contributed by atoms with Gasteiger partial charge in [-0.3, -0.25) is 10.1 Å². The van der Waals surface area contributed by atoms with Gasteiger partial charge in [-0.1, -0.05) is 0 Å². The highest BCUT2D eigenvalue weighted by atomic mass is 16.5. The van der Waals surface area contributed by atoms with E-state index in [1.165, 1.54) is 0 Å². The van der Waals surface area contributed by atoms with Crippen LogP contribution in [0.15, 0.2) is 42.7 Å². The van der Waals surface area contributed by atoms with Crippen LogP contribution in [0, 0.1) is 0 Å². The summed E-state index contributed by atoms with van der Waals surface area (Å²) in [6.07, 6.45) is 2.92. The highest BCUT2D eigenvalue weighted by Gasteiger charge is 2.23. The van der Waals surface area contributed by atoms with E-state index in [4.69, 9.17) is 4.74 Å². The van der Waals surface area contributed by atoms with E-state index in [0.717, 1.165) is 0 Å². The Labute approximate surface area is 151 Å². The van der Waals surface area contributed by atoms with Gasteiger partial charge in [0, 0.05) is 49.8 Å². The van der Waals surface area contributed by atoms with E-state index in [1.807, 2.05) is 4.90 Å². The zero-order valence-corrected chi connectivity index (χ0v) is 14.6. The smallest absolute Gasteiger partial charge is 0.411 e. The van der Waals surface area contributed by atoms with Gasteiger partial charge in [-0.2, -0.15) is 0 Å². The summed E-state index contributed by atoms with van der Waals surface area (Å²) in [6, 6.07) is 8.58. The Morgan fingerprint density at radius 1 is 1.08 bits per heavy atom. The third-order valence-electron chi connectivity index (χ3n) is 4.06. The lowest BCUT2D eigenvalue weighted by Gasteiger charge is -2.34. The van der Waals surface area contributed by atoms with Crippen LogP contribution in [-0.4, -0.2) is 59.7 Å². The van der Waals surface area contributed by atoms with Crippen molar-refractivity contribution in [1.29, 1.82) is 0 Å². The zero-order chi connectivity index (χ0) is 18.4. The van der Waals surface area contributed by atoms with Crippen molar-refractivity contribution in [3.8, 4) is 0 Å². The Balaban J connectivity index is 1.56. The Hall–Kier alpha value is -3.16. The number of anilines is 2. The van der Waals surface area contributed by atoms with E-state index in [0.29, 0.717) is 50.0 Å². The van der Waals surface area contributed by atoms with Gasteiger partial charge in [0.25, 0.3) is 5.91 Å². The number of rotatable bonds is 4. The standard InChI is InChI=1S/C18H21N5O3/c1-2-26-18(25)21-15-6-4-14(5-7-15)16(24)22-10-12-23(13-11-22)17-19-8-3-9-20-17/h3-9H,2,10-13H2,1H3,(H,21,25). The van der Waals surface area contributed by atoms with Gasteiger partial charge < -0.3 is 14.5 Å². The molecule has 0 saturated carbocycles. The first-order valence-electron chi connectivity index (χ1n) is 8.52. The van der Waals surface area contributed by atoms with E-state index < -0.39 is 6.09 Å². The van der Waals surface area contributed by atoms with Gasteiger partial charge in [0.15, 0.2) is 0 Å². The maximum atomic E-state index is 12.6.